The molecule has 0 bridgehead atoms. The summed E-state index contributed by atoms with van der Waals surface area (Å²) >= 11 is 0. The molecule has 1 aliphatic rings. The third kappa shape index (κ3) is 3.72. The Morgan fingerprint density at radius 3 is 2.26 bits per heavy atom. The maximum atomic E-state index is 13.1. The topological polar surface area (TPSA) is 74.6 Å². The summed E-state index contributed by atoms with van der Waals surface area (Å²) in [4.78, 5) is 22.4. The Labute approximate surface area is 132 Å². The van der Waals surface area contributed by atoms with Gasteiger partial charge in [-0.1, -0.05) is 19.9 Å². The first-order valence-corrected chi connectivity index (χ1v) is 6.87. The van der Waals surface area contributed by atoms with Crippen LogP contribution in [0.5, 0.6) is 0 Å². The summed E-state index contributed by atoms with van der Waals surface area (Å²) in [5.41, 5.74) is -4.75. The SMILES string of the molecule is CC(C=CC1(O)C(C)=C(C(F)(F)F)C(=O)CC1(C)C)=CC(=O)O. The maximum Gasteiger partial charge on any atom is 0.419 e. The van der Waals surface area contributed by atoms with Gasteiger partial charge in [0.15, 0.2) is 5.78 Å². The Morgan fingerprint density at radius 2 is 1.83 bits per heavy atom. The van der Waals surface area contributed by atoms with Crippen molar-refractivity contribution in [3.8, 4) is 0 Å². The lowest BCUT2D eigenvalue weighted by molar-refractivity contribution is -0.138. The number of allylic oxidation sites excluding steroid dienone is 3. The van der Waals surface area contributed by atoms with E-state index in [9.17, 15) is 27.9 Å². The van der Waals surface area contributed by atoms with Gasteiger partial charge in [-0.25, -0.2) is 4.79 Å². The van der Waals surface area contributed by atoms with Crippen LogP contribution >= 0.6 is 0 Å². The molecule has 4 nitrogen and oxygen atoms in total. The molecule has 0 amide bonds. The molecule has 1 rings (SSSR count). The summed E-state index contributed by atoms with van der Waals surface area (Å²) in [5.74, 6) is -2.27. The summed E-state index contributed by atoms with van der Waals surface area (Å²) in [7, 11) is 0. The first-order chi connectivity index (χ1) is 10.2. The van der Waals surface area contributed by atoms with E-state index in [0.29, 0.717) is 0 Å². The Hall–Kier alpha value is -1.89. The Kier molecular flexibility index (Phi) is 4.96. The lowest BCUT2D eigenvalue weighted by atomic mass is 9.62. The van der Waals surface area contributed by atoms with Gasteiger partial charge in [-0.15, -0.1) is 0 Å². The number of ketones is 1. The molecule has 7 heteroatoms. The summed E-state index contributed by atoms with van der Waals surface area (Å²) in [6.07, 6.45) is -2.10. The fraction of sp³-hybridized carbons (Fsp3) is 0.500. The molecule has 23 heavy (non-hydrogen) atoms. The second-order valence-corrected chi connectivity index (χ2v) is 6.31. The molecule has 0 fully saturated rings. The molecule has 0 aromatic heterocycles. The average molecular weight is 332 g/mol. The number of aliphatic carboxylic acids is 1. The van der Waals surface area contributed by atoms with Crippen LogP contribution in [0, 0.1) is 5.41 Å². The first-order valence-electron chi connectivity index (χ1n) is 6.87. The minimum Gasteiger partial charge on any atom is -0.478 e. The molecule has 0 spiro atoms. The predicted molar refractivity (Wildman–Crippen MR) is 77.6 cm³/mol. The van der Waals surface area contributed by atoms with Crippen LogP contribution in [0.4, 0.5) is 13.2 Å². The number of carbonyl (C=O) groups is 2. The van der Waals surface area contributed by atoms with Crippen LogP contribution in [-0.2, 0) is 9.59 Å². The highest BCUT2D eigenvalue weighted by atomic mass is 19.4. The largest absolute Gasteiger partial charge is 0.478 e. The number of alkyl halides is 3. The van der Waals surface area contributed by atoms with Crippen molar-refractivity contribution in [2.75, 3.05) is 0 Å². The molecule has 0 aliphatic heterocycles. The number of aliphatic hydroxyl groups is 1. The first kappa shape index (κ1) is 19.2. The zero-order chi connectivity index (χ0) is 18.2. The van der Waals surface area contributed by atoms with Gasteiger partial charge in [0.1, 0.15) is 11.2 Å². The molecule has 0 saturated carbocycles. The van der Waals surface area contributed by atoms with E-state index in [1.54, 1.807) is 0 Å². The van der Waals surface area contributed by atoms with E-state index in [2.05, 4.69) is 0 Å². The zero-order valence-corrected chi connectivity index (χ0v) is 13.3. The maximum absolute atomic E-state index is 13.1. The number of rotatable bonds is 3. The lowest BCUT2D eigenvalue weighted by Crippen LogP contribution is -2.51. The average Bonchev–Trinajstić information content (AvgIpc) is 2.30. The number of carboxylic acids is 1. The van der Waals surface area contributed by atoms with Crippen molar-refractivity contribution in [3.05, 3.63) is 34.9 Å². The van der Waals surface area contributed by atoms with Crippen molar-refractivity contribution in [2.24, 2.45) is 5.41 Å². The molecule has 0 aromatic carbocycles. The molecule has 0 saturated heterocycles. The fourth-order valence-electron chi connectivity index (χ4n) is 2.75. The van der Waals surface area contributed by atoms with Gasteiger partial charge < -0.3 is 10.2 Å². The van der Waals surface area contributed by atoms with Crippen molar-refractivity contribution in [3.63, 3.8) is 0 Å². The quantitative estimate of drug-likeness (QED) is 0.615. The Balaban J connectivity index is 3.50. The molecule has 0 radical (unpaired) electrons. The molecule has 1 aliphatic carbocycles. The number of halogens is 3. The molecule has 0 aromatic rings. The third-order valence-electron chi connectivity index (χ3n) is 4.08. The lowest BCUT2D eigenvalue weighted by Gasteiger charge is -2.45. The van der Waals surface area contributed by atoms with Crippen LogP contribution in [0.15, 0.2) is 34.9 Å². The highest BCUT2D eigenvalue weighted by Crippen LogP contribution is 2.49. The fourth-order valence-corrected chi connectivity index (χ4v) is 2.75. The molecule has 1 atom stereocenters. The smallest absolute Gasteiger partial charge is 0.419 e. The van der Waals surface area contributed by atoms with E-state index in [0.717, 1.165) is 19.1 Å². The molecule has 128 valence electrons. The number of hydrogen-bond acceptors (Lipinski definition) is 3. The van der Waals surface area contributed by atoms with Crippen molar-refractivity contribution >= 4 is 11.8 Å². The van der Waals surface area contributed by atoms with Gasteiger partial charge >= 0.3 is 12.1 Å². The van der Waals surface area contributed by atoms with Crippen LogP contribution in [0.2, 0.25) is 0 Å². The van der Waals surface area contributed by atoms with Crippen molar-refractivity contribution in [1.29, 1.82) is 0 Å². The summed E-state index contributed by atoms with van der Waals surface area (Å²) in [5, 5.41) is 19.5. The Morgan fingerprint density at radius 1 is 1.30 bits per heavy atom. The predicted octanol–water partition coefficient (Wildman–Crippen LogP) is 3.18. The van der Waals surface area contributed by atoms with Crippen LogP contribution in [-0.4, -0.2) is 33.7 Å². The molecule has 0 heterocycles. The summed E-state index contributed by atoms with van der Waals surface area (Å²) in [6, 6.07) is 0. The number of Topliss-reactive ketones (excluding diaryl/α,β-unsaturated/α-hetero) is 1. The highest BCUT2D eigenvalue weighted by Gasteiger charge is 2.55. The number of hydrogen-bond donors (Lipinski definition) is 2. The highest BCUT2D eigenvalue weighted by molar-refractivity contribution is 5.99. The van der Waals surface area contributed by atoms with Crippen LogP contribution in [0.1, 0.15) is 34.1 Å². The van der Waals surface area contributed by atoms with E-state index in [1.807, 2.05) is 0 Å². The van der Waals surface area contributed by atoms with Crippen LogP contribution in [0.25, 0.3) is 0 Å². The third-order valence-corrected chi connectivity index (χ3v) is 4.08. The second kappa shape index (κ2) is 5.96. The van der Waals surface area contributed by atoms with Gasteiger partial charge in [-0.05, 0) is 31.1 Å². The molecular weight excluding hydrogens is 313 g/mol. The monoisotopic (exact) mass is 332 g/mol. The standard InChI is InChI=1S/C16H19F3O4/c1-9(7-12(21)22)5-6-15(23)10(2)13(16(17,18)19)11(20)8-14(15,3)4/h5-7,23H,8H2,1-4H3,(H,21,22). The second-order valence-electron chi connectivity index (χ2n) is 6.31. The van der Waals surface area contributed by atoms with Gasteiger partial charge in [0.05, 0.1) is 0 Å². The van der Waals surface area contributed by atoms with Crippen LogP contribution < -0.4 is 0 Å². The summed E-state index contributed by atoms with van der Waals surface area (Å²) in [6.45, 7) is 5.49. The van der Waals surface area contributed by atoms with E-state index >= 15 is 0 Å². The van der Waals surface area contributed by atoms with E-state index < -0.39 is 46.5 Å². The van der Waals surface area contributed by atoms with Gasteiger partial charge in [0, 0.05) is 17.9 Å². The molecular formula is C16H19F3O4. The van der Waals surface area contributed by atoms with Crippen molar-refractivity contribution in [2.45, 2.75) is 45.9 Å². The van der Waals surface area contributed by atoms with Gasteiger partial charge in [-0.3, -0.25) is 4.79 Å². The Bertz CT molecular complexity index is 624. The minimum atomic E-state index is -4.86. The summed E-state index contributed by atoms with van der Waals surface area (Å²) < 4.78 is 39.3. The molecule has 2 N–H and O–H groups in total. The normalized spacial score (nSPS) is 26.1. The van der Waals surface area contributed by atoms with Gasteiger partial charge in [0.2, 0.25) is 0 Å². The molecule has 1 unspecified atom stereocenters. The van der Waals surface area contributed by atoms with Crippen molar-refractivity contribution < 1.29 is 33.0 Å². The number of carbonyl (C=O) groups excluding carboxylic acids is 1. The minimum absolute atomic E-state index is 0.250. The number of carboxylic acid groups (broad SMARTS) is 1. The van der Waals surface area contributed by atoms with Crippen LogP contribution in [0.3, 0.4) is 0 Å². The van der Waals surface area contributed by atoms with Crippen molar-refractivity contribution in [1.82, 2.24) is 0 Å². The zero-order valence-electron chi connectivity index (χ0n) is 13.3. The van der Waals surface area contributed by atoms with Gasteiger partial charge in [0.25, 0.3) is 0 Å². The van der Waals surface area contributed by atoms with E-state index in [4.69, 9.17) is 5.11 Å². The van der Waals surface area contributed by atoms with E-state index in [-0.39, 0.29) is 5.57 Å². The van der Waals surface area contributed by atoms with E-state index in [1.165, 1.54) is 26.8 Å². The van der Waals surface area contributed by atoms with Gasteiger partial charge in [-0.2, -0.15) is 13.2 Å².